The van der Waals surface area contributed by atoms with Gasteiger partial charge in [-0.15, -0.1) is 0 Å². The van der Waals surface area contributed by atoms with Crippen molar-refractivity contribution in [3.8, 4) is 23.0 Å². The summed E-state index contributed by atoms with van der Waals surface area (Å²) in [6, 6.07) is 9.07. The Kier molecular flexibility index (Phi) is 5.92. The molecule has 0 fully saturated rings. The molecule has 0 bridgehead atoms. The minimum atomic E-state index is -0.140. The first kappa shape index (κ1) is 20.3. The highest BCUT2D eigenvalue weighted by atomic mass is 16.5. The summed E-state index contributed by atoms with van der Waals surface area (Å²) in [7, 11) is 4.85. The van der Waals surface area contributed by atoms with E-state index in [1.54, 1.807) is 39.5 Å². The topological polar surface area (TPSA) is 66.5 Å². The number of fused-ring (bicyclic) bond motifs is 3. The van der Waals surface area contributed by atoms with Crippen molar-refractivity contribution in [1.29, 1.82) is 0 Å². The standard InChI is InChI=1S/C23H25NO6/c1-26-10-4-9-24-13-17-18(29-14-24)8-6-16-22(25)21(30-23(16)17)12-15-5-7-19(27-2)20(11-15)28-3/h5-8,11-12H,4,9-10,13-14H2,1-3H3/b21-12-. The van der Waals surface area contributed by atoms with Gasteiger partial charge in [-0.1, -0.05) is 6.07 Å². The van der Waals surface area contributed by atoms with Gasteiger partial charge in [-0.05, 0) is 42.3 Å². The van der Waals surface area contributed by atoms with Crippen molar-refractivity contribution >= 4 is 11.9 Å². The van der Waals surface area contributed by atoms with Crippen LogP contribution in [0.5, 0.6) is 23.0 Å². The molecule has 0 aromatic heterocycles. The van der Waals surface area contributed by atoms with E-state index < -0.39 is 0 Å². The molecule has 158 valence electrons. The fraction of sp³-hybridized carbons (Fsp3) is 0.348. The average molecular weight is 411 g/mol. The summed E-state index contributed by atoms with van der Waals surface area (Å²) >= 11 is 0. The Bertz CT molecular complexity index is 984. The van der Waals surface area contributed by atoms with E-state index in [0.717, 1.165) is 29.8 Å². The lowest BCUT2D eigenvalue weighted by atomic mass is 10.0. The Morgan fingerprint density at radius 1 is 1.10 bits per heavy atom. The van der Waals surface area contributed by atoms with Gasteiger partial charge in [0.1, 0.15) is 18.2 Å². The molecule has 0 N–H and O–H groups in total. The predicted octanol–water partition coefficient (Wildman–Crippen LogP) is 3.51. The highest BCUT2D eigenvalue weighted by Crippen LogP contribution is 2.42. The quantitative estimate of drug-likeness (QED) is 0.510. The molecule has 4 rings (SSSR count). The molecular formula is C23H25NO6. The number of rotatable bonds is 7. The summed E-state index contributed by atoms with van der Waals surface area (Å²) in [5.74, 6) is 2.70. The number of Topliss-reactive ketones (excluding diaryl/α,β-unsaturated/α-hetero) is 1. The lowest BCUT2D eigenvalue weighted by Gasteiger charge is -2.29. The van der Waals surface area contributed by atoms with Gasteiger partial charge in [0.05, 0.1) is 25.3 Å². The lowest BCUT2D eigenvalue weighted by molar-refractivity contribution is 0.0823. The number of carbonyl (C=O) groups is 1. The number of ketones is 1. The molecule has 0 saturated carbocycles. The normalized spacial score (nSPS) is 16.6. The highest BCUT2D eigenvalue weighted by Gasteiger charge is 2.33. The zero-order valence-electron chi connectivity index (χ0n) is 17.4. The third kappa shape index (κ3) is 3.86. The summed E-state index contributed by atoms with van der Waals surface area (Å²) in [5, 5.41) is 0. The zero-order valence-corrected chi connectivity index (χ0v) is 17.4. The molecule has 7 nitrogen and oxygen atoms in total. The first-order chi connectivity index (χ1) is 14.6. The van der Waals surface area contributed by atoms with Crippen LogP contribution in [0, 0.1) is 0 Å². The molecule has 0 atom stereocenters. The summed E-state index contributed by atoms with van der Waals surface area (Å²) < 4.78 is 27.7. The molecule has 7 heteroatoms. The van der Waals surface area contributed by atoms with E-state index in [4.69, 9.17) is 23.7 Å². The van der Waals surface area contributed by atoms with Crippen LogP contribution in [0.3, 0.4) is 0 Å². The van der Waals surface area contributed by atoms with Gasteiger partial charge < -0.3 is 23.7 Å². The molecule has 0 aliphatic carbocycles. The average Bonchev–Trinajstić information content (AvgIpc) is 3.09. The number of hydrogen-bond acceptors (Lipinski definition) is 7. The number of benzene rings is 2. The van der Waals surface area contributed by atoms with Gasteiger partial charge >= 0.3 is 0 Å². The minimum absolute atomic E-state index is 0.140. The maximum Gasteiger partial charge on any atom is 0.231 e. The number of ether oxygens (including phenoxy) is 5. The Morgan fingerprint density at radius 2 is 1.93 bits per heavy atom. The molecule has 0 spiro atoms. The predicted molar refractivity (Wildman–Crippen MR) is 111 cm³/mol. The van der Waals surface area contributed by atoms with Crippen LogP contribution in [0.2, 0.25) is 0 Å². The maximum atomic E-state index is 12.9. The third-order valence-corrected chi connectivity index (χ3v) is 5.21. The molecule has 2 aliphatic rings. The van der Waals surface area contributed by atoms with Crippen molar-refractivity contribution < 1.29 is 28.5 Å². The zero-order chi connectivity index (χ0) is 21.1. The van der Waals surface area contributed by atoms with Crippen LogP contribution in [0.4, 0.5) is 0 Å². The van der Waals surface area contributed by atoms with Gasteiger partial charge in [-0.3, -0.25) is 9.69 Å². The van der Waals surface area contributed by atoms with E-state index >= 15 is 0 Å². The van der Waals surface area contributed by atoms with Crippen LogP contribution in [-0.4, -0.2) is 51.9 Å². The number of allylic oxidation sites excluding steroid dienone is 1. The number of hydrogen-bond donors (Lipinski definition) is 0. The maximum absolute atomic E-state index is 12.9. The van der Waals surface area contributed by atoms with Crippen molar-refractivity contribution in [1.82, 2.24) is 4.90 Å². The van der Waals surface area contributed by atoms with Crippen LogP contribution in [0.15, 0.2) is 36.1 Å². The smallest absolute Gasteiger partial charge is 0.231 e. The van der Waals surface area contributed by atoms with E-state index in [2.05, 4.69) is 4.90 Å². The first-order valence-corrected chi connectivity index (χ1v) is 9.81. The number of nitrogens with zero attached hydrogens (tertiary/aromatic N) is 1. The number of carbonyl (C=O) groups excluding carboxylic acids is 1. The first-order valence-electron chi connectivity index (χ1n) is 9.81. The van der Waals surface area contributed by atoms with E-state index in [-0.39, 0.29) is 11.5 Å². The van der Waals surface area contributed by atoms with Crippen molar-refractivity contribution in [2.75, 3.05) is 41.2 Å². The summed E-state index contributed by atoms with van der Waals surface area (Å²) in [4.78, 5) is 15.1. The van der Waals surface area contributed by atoms with Crippen molar-refractivity contribution in [2.45, 2.75) is 13.0 Å². The molecule has 0 saturated heterocycles. The van der Waals surface area contributed by atoms with Gasteiger partial charge in [0.15, 0.2) is 17.3 Å². The van der Waals surface area contributed by atoms with Gasteiger partial charge in [-0.2, -0.15) is 0 Å². The van der Waals surface area contributed by atoms with Gasteiger partial charge in [0.25, 0.3) is 0 Å². The molecule has 0 radical (unpaired) electrons. The Morgan fingerprint density at radius 3 is 2.70 bits per heavy atom. The van der Waals surface area contributed by atoms with Crippen LogP contribution in [0.25, 0.3) is 6.08 Å². The van der Waals surface area contributed by atoms with E-state index in [9.17, 15) is 4.79 Å². The minimum Gasteiger partial charge on any atom is -0.493 e. The highest BCUT2D eigenvalue weighted by molar-refractivity contribution is 6.15. The van der Waals surface area contributed by atoms with Gasteiger partial charge in [0.2, 0.25) is 5.78 Å². The molecule has 2 aliphatic heterocycles. The summed E-state index contributed by atoms with van der Waals surface area (Å²) in [6.07, 6.45) is 2.63. The van der Waals surface area contributed by atoms with Crippen LogP contribution >= 0.6 is 0 Å². The monoisotopic (exact) mass is 411 g/mol. The molecule has 30 heavy (non-hydrogen) atoms. The van der Waals surface area contributed by atoms with Crippen molar-refractivity contribution in [2.24, 2.45) is 0 Å². The molecule has 0 amide bonds. The molecular weight excluding hydrogens is 386 g/mol. The SMILES string of the molecule is COCCCN1COc2ccc3c(c2C1)O/C(=C\c1ccc(OC)c(OC)c1)C3=O. The molecule has 2 aromatic carbocycles. The lowest BCUT2D eigenvalue weighted by Crippen LogP contribution is -2.33. The van der Waals surface area contributed by atoms with Crippen molar-refractivity contribution in [3.63, 3.8) is 0 Å². The second-order valence-corrected chi connectivity index (χ2v) is 7.15. The van der Waals surface area contributed by atoms with Crippen LogP contribution in [0.1, 0.15) is 27.9 Å². The van der Waals surface area contributed by atoms with Gasteiger partial charge in [0, 0.05) is 26.8 Å². The van der Waals surface area contributed by atoms with Crippen LogP contribution in [-0.2, 0) is 11.3 Å². The second kappa shape index (κ2) is 8.77. The van der Waals surface area contributed by atoms with Gasteiger partial charge in [-0.25, -0.2) is 0 Å². The second-order valence-electron chi connectivity index (χ2n) is 7.15. The summed E-state index contributed by atoms with van der Waals surface area (Å²) in [5.41, 5.74) is 2.25. The van der Waals surface area contributed by atoms with E-state index in [1.165, 1.54) is 0 Å². The van der Waals surface area contributed by atoms with E-state index in [0.29, 0.717) is 42.7 Å². The van der Waals surface area contributed by atoms with E-state index in [1.807, 2.05) is 18.2 Å². The fourth-order valence-electron chi connectivity index (χ4n) is 3.67. The Labute approximate surface area is 175 Å². The van der Waals surface area contributed by atoms with Crippen molar-refractivity contribution in [3.05, 3.63) is 52.8 Å². The molecule has 0 unspecified atom stereocenters. The molecule has 2 heterocycles. The Balaban J connectivity index is 1.59. The Hall–Kier alpha value is -3.03. The summed E-state index contributed by atoms with van der Waals surface area (Å²) in [6.45, 7) is 2.72. The fourth-order valence-corrected chi connectivity index (χ4v) is 3.67. The third-order valence-electron chi connectivity index (χ3n) is 5.21. The largest absolute Gasteiger partial charge is 0.493 e. The van der Waals surface area contributed by atoms with Crippen LogP contribution < -0.4 is 18.9 Å². The number of methoxy groups -OCH3 is 3. The molecule has 2 aromatic rings.